The second-order valence-corrected chi connectivity index (χ2v) is 7.66. The number of urea groups is 1. The van der Waals surface area contributed by atoms with Gasteiger partial charge in [-0.05, 0) is 24.0 Å². The summed E-state index contributed by atoms with van der Waals surface area (Å²) >= 11 is 0. The minimum absolute atomic E-state index is 0.229. The third-order valence-corrected chi connectivity index (χ3v) is 5.66. The summed E-state index contributed by atoms with van der Waals surface area (Å²) in [6, 6.07) is 18.0. The van der Waals surface area contributed by atoms with Crippen LogP contribution < -0.4 is 0 Å². The summed E-state index contributed by atoms with van der Waals surface area (Å²) in [5, 5.41) is 22.4. The van der Waals surface area contributed by atoms with Crippen LogP contribution in [0.15, 0.2) is 86.0 Å². The van der Waals surface area contributed by atoms with Gasteiger partial charge in [-0.25, -0.2) is 4.79 Å². The van der Waals surface area contributed by atoms with E-state index in [9.17, 15) is 15.0 Å². The van der Waals surface area contributed by atoms with Crippen LogP contribution in [0.2, 0.25) is 0 Å². The lowest BCUT2D eigenvalue weighted by Crippen LogP contribution is -2.51. The van der Waals surface area contributed by atoms with Crippen molar-refractivity contribution < 1.29 is 15.0 Å². The van der Waals surface area contributed by atoms with Gasteiger partial charge in [-0.15, -0.1) is 13.2 Å². The fourth-order valence-electron chi connectivity index (χ4n) is 4.15. The van der Waals surface area contributed by atoms with Gasteiger partial charge in [0.2, 0.25) is 0 Å². The Bertz CT molecular complexity index is 770. The molecule has 2 amide bonds. The van der Waals surface area contributed by atoms with Crippen molar-refractivity contribution in [3.63, 3.8) is 0 Å². The van der Waals surface area contributed by atoms with Gasteiger partial charge in [0.1, 0.15) is 12.2 Å². The molecule has 0 aromatic heterocycles. The molecule has 5 nitrogen and oxygen atoms in total. The summed E-state index contributed by atoms with van der Waals surface area (Å²) in [7, 11) is 0. The Balaban J connectivity index is 1.99. The van der Waals surface area contributed by atoms with Crippen molar-refractivity contribution in [1.29, 1.82) is 0 Å². The number of rotatable bonds is 8. The van der Waals surface area contributed by atoms with Crippen molar-refractivity contribution in [3.8, 4) is 0 Å². The first-order valence-electron chi connectivity index (χ1n) is 10.3. The van der Waals surface area contributed by atoms with E-state index in [0.29, 0.717) is 12.8 Å². The predicted octanol–water partition coefficient (Wildman–Crippen LogP) is 3.04. The zero-order chi connectivity index (χ0) is 21.5. The van der Waals surface area contributed by atoms with Crippen LogP contribution in [0, 0.1) is 0 Å². The van der Waals surface area contributed by atoms with E-state index in [1.165, 1.54) is 0 Å². The Hall–Kier alpha value is -2.89. The Morgan fingerprint density at radius 1 is 0.733 bits per heavy atom. The Labute approximate surface area is 178 Å². The maximum Gasteiger partial charge on any atom is 0.321 e. The van der Waals surface area contributed by atoms with Gasteiger partial charge in [0.05, 0.1) is 12.1 Å². The van der Waals surface area contributed by atoms with Crippen LogP contribution in [0.3, 0.4) is 0 Å². The number of benzene rings is 2. The SMILES string of the molecule is C=CCN1C(=O)N(CC=C)[C@H](Cc2ccccc2)C(O)C(O)[C@H]1Cc1ccccc1. The Morgan fingerprint density at radius 3 is 1.43 bits per heavy atom. The zero-order valence-corrected chi connectivity index (χ0v) is 17.2. The maximum atomic E-state index is 13.6. The minimum atomic E-state index is -1.10. The van der Waals surface area contributed by atoms with E-state index in [-0.39, 0.29) is 19.1 Å². The quantitative estimate of drug-likeness (QED) is 0.663. The van der Waals surface area contributed by atoms with Crippen molar-refractivity contribution in [1.82, 2.24) is 9.80 Å². The van der Waals surface area contributed by atoms with E-state index in [1.54, 1.807) is 22.0 Å². The molecule has 0 radical (unpaired) electrons. The van der Waals surface area contributed by atoms with E-state index in [4.69, 9.17) is 0 Å². The number of amides is 2. The standard InChI is InChI=1S/C25H30N2O3/c1-3-15-26-21(17-19-11-7-5-8-12-19)23(28)24(29)22(27(16-4-2)25(26)30)18-20-13-9-6-10-14-20/h3-14,21-24,28-29H,1-2,15-18H2/t21-,22-,23?,24?/m1/s1. The smallest absolute Gasteiger partial charge is 0.321 e. The van der Waals surface area contributed by atoms with Gasteiger partial charge in [-0.3, -0.25) is 0 Å². The molecule has 158 valence electrons. The van der Waals surface area contributed by atoms with E-state index in [2.05, 4.69) is 13.2 Å². The molecule has 1 aliphatic heterocycles. The maximum absolute atomic E-state index is 13.6. The zero-order valence-electron chi connectivity index (χ0n) is 17.2. The van der Waals surface area contributed by atoms with Crippen LogP contribution in [-0.4, -0.2) is 63.4 Å². The monoisotopic (exact) mass is 406 g/mol. The lowest BCUT2D eigenvalue weighted by Gasteiger charge is -2.34. The second-order valence-electron chi connectivity index (χ2n) is 7.66. The molecule has 2 aromatic rings. The van der Waals surface area contributed by atoms with Gasteiger partial charge in [0.25, 0.3) is 0 Å². The van der Waals surface area contributed by atoms with Crippen molar-refractivity contribution in [2.24, 2.45) is 0 Å². The van der Waals surface area contributed by atoms with Crippen LogP contribution >= 0.6 is 0 Å². The third kappa shape index (κ3) is 4.81. The predicted molar refractivity (Wildman–Crippen MR) is 119 cm³/mol. The first-order valence-corrected chi connectivity index (χ1v) is 10.3. The molecule has 0 aliphatic carbocycles. The number of nitrogens with zero attached hydrogens (tertiary/aromatic N) is 2. The molecule has 2 N–H and O–H groups in total. The van der Waals surface area contributed by atoms with Gasteiger partial charge >= 0.3 is 6.03 Å². The largest absolute Gasteiger partial charge is 0.388 e. The van der Waals surface area contributed by atoms with Gasteiger partial charge in [0, 0.05) is 13.1 Å². The highest BCUT2D eigenvalue weighted by atomic mass is 16.3. The fourth-order valence-corrected chi connectivity index (χ4v) is 4.15. The van der Waals surface area contributed by atoms with Gasteiger partial charge in [-0.2, -0.15) is 0 Å². The topological polar surface area (TPSA) is 64.0 Å². The minimum Gasteiger partial charge on any atom is -0.388 e. The van der Waals surface area contributed by atoms with E-state index in [0.717, 1.165) is 11.1 Å². The fraction of sp³-hybridized carbons (Fsp3) is 0.320. The van der Waals surface area contributed by atoms with Crippen molar-refractivity contribution in [3.05, 3.63) is 97.1 Å². The van der Waals surface area contributed by atoms with Crippen LogP contribution in [0.4, 0.5) is 4.79 Å². The summed E-state index contributed by atoms with van der Waals surface area (Å²) in [4.78, 5) is 16.8. The van der Waals surface area contributed by atoms with Gasteiger partial charge < -0.3 is 20.0 Å². The second kappa shape index (κ2) is 10.2. The van der Waals surface area contributed by atoms with Gasteiger partial charge in [0.15, 0.2) is 0 Å². The van der Waals surface area contributed by atoms with Gasteiger partial charge in [-0.1, -0.05) is 72.8 Å². The molecule has 30 heavy (non-hydrogen) atoms. The molecule has 0 saturated carbocycles. The molecule has 1 saturated heterocycles. The molecular formula is C25H30N2O3. The first-order chi connectivity index (χ1) is 14.6. The first kappa shape index (κ1) is 21.8. The third-order valence-electron chi connectivity index (χ3n) is 5.66. The summed E-state index contributed by atoms with van der Waals surface area (Å²) in [6.07, 6.45) is 1.99. The molecule has 3 rings (SSSR count). The van der Waals surface area contributed by atoms with E-state index >= 15 is 0 Å². The molecule has 5 heteroatoms. The summed E-state index contributed by atoms with van der Waals surface area (Å²) in [5.74, 6) is 0. The van der Waals surface area contributed by atoms with Crippen LogP contribution in [0.25, 0.3) is 0 Å². The highest BCUT2D eigenvalue weighted by Gasteiger charge is 2.45. The highest BCUT2D eigenvalue weighted by Crippen LogP contribution is 2.27. The van der Waals surface area contributed by atoms with Crippen LogP contribution in [0.1, 0.15) is 11.1 Å². The molecular weight excluding hydrogens is 376 g/mol. The van der Waals surface area contributed by atoms with E-state index in [1.807, 2.05) is 60.7 Å². The Kier molecular flexibility index (Phi) is 7.44. The lowest BCUT2D eigenvalue weighted by atomic mass is 9.91. The average Bonchev–Trinajstić information content (AvgIpc) is 2.83. The molecule has 2 aromatic carbocycles. The number of hydrogen-bond acceptors (Lipinski definition) is 3. The molecule has 0 bridgehead atoms. The molecule has 1 fully saturated rings. The molecule has 1 aliphatic rings. The number of aliphatic hydroxyl groups is 2. The Morgan fingerprint density at radius 2 is 1.10 bits per heavy atom. The van der Waals surface area contributed by atoms with Crippen molar-refractivity contribution in [2.45, 2.75) is 37.1 Å². The number of hydrogen-bond donors (Lipinski definition) is 2. The van der Waals surface area contributed by atoms with Crippen molar-refractivity contribution in [2.75, 3.05) is 13.1 Å². The normalized spacial score (nSPS) is 24.4. The summed E-state index contributed by atoms with van der Waals surface area (Å²) in [5.41, 5.74) is 1.99. The van der Waals surface area contributed by atoms with Crippen LogP contribution in [0.5, 0.6) is 0 Å². The highest BCUT2D eigenvalue weighted by molar-refractivity contribution is 5.76. The average molecular weight is 407 g/mol. The number of carbonyl (C=O) groups excluding carboxylic acids is 1. The number of carbonyl (C=O) groups is 1. The summed E-state index contributed by atoms with van der Waals surface area (Å²) < 4.78 is 0. The molecule has 0 spiro atoms. The van der Waals surface area contributed by atoms with Crippen molar-refractivity contribution >= 4 is 6.03 Å². The molecule has 1 heterocycles. The number of aliphatic hydroxyl groups excluding tert-OH is 2. The molecule has 4 atom stereocenters. The lowest BCUT2D eigenvalue weighted by molar-refractivity contribution is -0.0377. The summed E-state index contributed by atoms with van der Waals surface area (Å²) in [6.45, 7) is 8.14. The van der Waals surface area contributed by atoms with Crippen LogP contribution in [-0.2, 0) is 12.8 Å². The van der Waals surface area contributed by atoms with E-state index < -0.39 is 24.3 Å². The molecule has 2 unspecified atom stereocenters.